The number of piperidine rings is 1. The minimum Gasteiger partial charge on any atom is -0.444 e. The number of benzene rings is 1. The van der Waals surface area contributed by atoms with Crippen LogP contribution in [0.4, 0.5) is 16.2 Å². The predicted molar refractivity (Wildman–Crippen MR) is 181 cm³/mol. The first kappa shape index (κ1) is 33.1. The first-order chi connectivity index (χ1) is 20.5. The molecule has 2 aromatic heterocycles. The average Bonchev–Trinajstić information content (AvgIpc) is 2.92. The number of anilines is 2. The molecule has 3 aromatic rings. The summed E-state index contributed by atoms with van der Waals surface area (Å²) in [6.07, 6.45) is 4.41. The lowest BCUT2D eigenvalue weighted by Gasteiger charge is -2.48. The fourth-order valence-corrected chi connectivity index (χ4v) is 6.53. The van der Waals surface area contributed by atoms with Gasteiger partial charge in [-0.25, -0.2) is 9.78 Å². The molecular formula is C34H47N5O4Si. The molecule has 2 N–H and O–H groups in total. The maximum absolute atomic E-state index is 13.4. The molecule has 1 aliphatic rings. The van der Waals surface area contributed by atoms with Crippen molar-refractivity contribution in [2.24, 2.45) is 5.92 Å². The number of rotatable bonds is 7. The highest BCUT2D eigenvalue weighted by Crippen LogP contribution is 2.40. The number of hydrogen-bond acceptors (Lipinski definition) is 7. The molecule has 0 radical (unpaired) electrons. The van der Waals surface area contributed by atoms with Crippen LogP contribution < -0.4 is 15.5 Å². The summed E-state index contributed by atoms with van der Waals surface area (Å²) in [6.45, 7) is 23.7. The third-order valence-electron chi connectivity index (χ3n) is 8.39. The van der Waals surface area contributed by atoms with Gasteiger partial charge in [0.15, 0.2) is 8.32 Å². The largest absolute Gasteiger partial charge is 0.444 e. The molecule has 0 unspecified atom stereocenters. The molecule has 0 bridgehead atoms. The van der Waals surface area contributed by atoms with Gasteiger partial charge in [0.25, 0.3) is 5.91 Å². The minimum absolute atomic E-state index is 0.00687. The van der Waals surface area contributed by atoms with E-state index in [1.165, 1.54) is 0 Å². The van der Waals surface area contributed by atoms with E-state index in [1.54, 1.807) is 24.5 Å². The van der Waals surface area contributed by atoms with Crippen LogP contribution in [-0.4, -0.2) is 61.1 Å². The fourth-order valence-electron chi connectivity index (χ4n) is 5.10. The van der Waals surface area contributed by atoms with Gasteiger partial charge in [-0.2, -0.15) is 0 Å². The van der Waals surface area contributed by atoms with Crippen LogP contribution in [0.2, 0.25) is 18.1 Å². The van der Waals surface area contributed by atoms with E-state index in [-0.39, 0.29) is 29.0 Å². The van der Waals surface area contributed by atoms with Crippen LogP contribution in [-0.2, 0) is 9.16 Å². The minimum atomic E-state index is -2.16. The second-order valence-electron chi connectivity index (χ2n) is 14.2. The standard InChI is InChI=1S/C34H47N5O4Si/c1-11-23-12-13-24-14-15-25(36-26(24)18-23)31(40)37-27-19-35-17-16-29(27)39-20-22(2)30(43-44(9,10)34(6,7)8)28(21-39)38-32(41)42-33(3,4)5/h11-19,22,28,30H,1,20-21H2,2-10H3,(H,37,40)(H,38,41)/t22-,28+,30+/m0/s1. The molecule has 1 fully saturated rings. The number of nitrogens with one attached hydrogen (secondary N) is 2. The van der Waals surface area contributed by atoms with E-state index < -0.39 is 20.0 Å². The Bertz CT molecular complexity index is 1530. The monoisotopic (exact) mass is 617 g/mol. The SMILES string of the molecule is C=Cc1ccc2ccc(C(=O)Nc3cnccc3N3C[C@H](C)[C@@H](O[Si](C)(C)C(C)(C)C)[C@H](NC(=O)OC(C)(C)C)C3)nc2c1. The Balaban J connectivity index is 1.61. The van der Waals surface area contributed by atoms with Crippen LogP contribution in [0.3, 0.4) is 0 Å². The summed E-state index contributed by atoms with van der Waals surface area (Å²) < 4.78 is 12.6. The van der Waals surface area contributed by atoms with Crippen molar-refractivity contribution in [1.29, 1.82) is 0 Å². The molecule has 9 nitrogen and oxygen atoms in total. The van der Waals surface area contributed by atoms with Crippen molar-refractivity contribution in [3.05, 3.63) is 66.6 Å². The summed E-state index contributed by atoms with van der Waals surface area (Å²) in [5.41, 5.74) is 2.68. The van der Waals surface area contributed by atoms with E-state index in [0.29, 0.717) is 24.5 Å². The fraction of sp³-hybridized carbons (Fsp3) is 0.471. The number of carbonyl (C=O) groups excluding carboxylic acids is 2. The number of pyridine rings is 2. The normalized spacial score (nSPS) is 19.4. The number of fused-ring (bicyclic) bond motifs is 1. The quantitative estimate of drug-likeness (QED) is 0.269. The number of carbonyl (C=O) groups is 2. The molecule has 0 aliphatic carbocycles. The van der Waals surface area contributed by atoms with E-state index in [2.05, 4.69) is 72.9 Å². The van der Waals surface area contributed by atoms with E-state index >= 15 is 0 Å². The molecule has 4 rings (SSSR count). The molecule has 236 valence electrons. The van der Waals surface area contributed by atoms with Crippen molar-refractivity contribution in [2.45, 2.75) is 84.3 Å². The molecule has 3 atom stereocenters. The zero-order chi connectivity index (χ0) is 32.4. The molecule has 1 aliphatic heterocycles. The average molecular weight is 618 g/mol. The van der Waals surface area contributed by atoms with Crippen molar-refractivity contribution in [3.63, 3.8) is 0 Å². The molecule has 0 spiro atoms. The summed E-state index contributed by atoms with van der Waals surface area (Å²) in [6, 6.07) is 11.0. The Kier molecular flexibility index (Phi) is 9.56. The number of ether oxygens (including phenoxy) is 1. The number of hydrogen-bond donors (Lipinski definition) is 2. The van der Waals surface area contributed by atoms with Gasteiger partial charge in [0.05, 0.1) is 35.2 Å². The molecule has 10 heteroatoms. The van der Waals surface area contributed by atoms with Crippen LogP contribution in [0.5, 0.6) is 0 Å². The second kappa shape index (κ2) is 12.7. The first-order valence-electron chi connectivity index (χ1n) is 15.2. The second-order valence-corrected chi connectivity index (χ2v) is 18.9. The summed E-state index contributed by atoms with van der Waals surface area (Å²) >= 11 is 0. The molecule has 1 saturated heterocycles. The van der Waals surface area contributed by atoms with Crippen molar-refractivity contribution in [2.75, 3.05) is 23.3 Å². The van der Waals surface area contributed by atoms with Crippen molar-refractivity contribution >= 4 is 48.7 Å². The van der Waals surface area contributed by atoms with Gasteiger partial charge in [-0.05, 0) is 62.7 Å². The van der Waals surface area contributed by atoms with Gasteiger partial charge in [-0.3, -0.25) is 9.78 Å². The summed E-state index contributed by atoms with van der Waals surface area (Å²) in [7, 11) is -2.16. The summed E-state index contributed by atoms with van der Waals surface area (Å²) in [4.78, 5) is 37.5. The first-order valence-corrected chi connectivity index (χ1v) is 18.1. The molecule has 2 amide bonds. The predicted octanol–water partition coefficient (Wildman–Crippen LogP) is 7.26. The summed E-state index contributed by atoms with van der Waals surface area (Å²) in [5.74, 6) is -0.270. The Hall–Kier alpha value is -3.76. The Morgan fingerprint density at radius 1 is 1.07 bits per heavy atom. The van der Waals surface area contributed by atoms with Crippen molar-refractivity contribution < 1.29 is 18.8 Å². The van der Waals surface area contributed by atoms with E-state index in [4.69, 9.17) is 9.16 Å². The highest BCUT2D eigenvalue weighted by molar-refractivity contribution is 6.74. The maximum atomic E-state index is 13.4. The number of aromatic nitrogens is 2. The summed E-state index contributed by atoms with van der Waals surface area (Å²) in [5, 5.41) is 7.09. The van der Waals surface area contributed by atoms with E-state index in [0.717, 1.165) is 22.2 Å². The Morgan fingerprint density at radius 2 is 1.77 bits per heavy atom. The zero-order valence-corrected chi connectivity index (χ0v) is 28.5. The molecule has 1 aromatic carbocycles. The van der Waals surface area contributed by atoms with E-state index in [1.807, 2.05) is 51.1 Å². The van der Waals surface area contributed by atoms with Crippen molar-refractivity contribution in [1.82, 2.24) is 15.3 Å². The van der Waals surface area contributed by atoms with Crippen LogP contribution in [0.1, 0.15) is 64.5 Å². The third kappa shape index (κ3) is 7.84. The van der Waals surface area contributed by atoms with Crippen LogP contribution in [0.15, 0.2) is 55.4 Å². The Labute approximate surface area is 262 Å². The Morgan fingerprint density at radius 3 is 2.43 bits per heavy atom. The highest BCUT2D eigenvalue weighted by atomic mass is 28.4. The van der Waals surface area contributed by atoms with Gasteiger partial charge in [-0.15, -0.1) is 0 Å². The molecular weight excluding hydrogens is 570 g/mol. The number of alkyl carbamates (subject to hydrolysis) is 1. The molecule has 44 heavy (non-hydrogen) atoms. The number of nitrogens with zero attached hydrogens (tertiary/aromatic N) is 3. The maximum Gasteiger partial charge on any atom is 0.408 e. The van der Waals surface area contributed by atoms with Gasteiger partial charge in [0.1, 0.15) is 11.3 Å². The van der Waals surface area contributed by atoms with Crippen LogP contribution in [0, 0.1) is 5.92 Å². The van der Waals surface area contributed by atoms with Gasteiger partial charge in [0, 0.05) is 30.6 Å². The van der Waals surface area contributed by atoms with Gasteiger partial charge in [-0.1, -0.05) is 58.5 Å². The number of amides is 2. The smallest absolute Gasteiger partial charge is 0.408 e. The lowest BCUT2D eigenvalue weighted by atomic mass is 9.92. The molecule has 3 heterocycles. The highest BCUT2D eigenvalue weighted by Gasteiger charge is 2.45. The lowest BCUT2D eigenvalue weighted by molar-refractivity contribution is 0.0336. The van der Waals surface area contributed by atoms with Crippen LogP contribution in [0.25, 0.3) is 17.0 Å². The molecule has 0 saturated carbocycles. The van der Waals surface area contributed by atoms with Crippen LogP contribution >= 0.6 is 0 Å². The van der Waals surface area contributed by atoms with E-state index in [9.17, 15) is 9.59 Å². The van der Waals surface area contributed by atoms with Gasteiger partial charge < -0.3 is 24.7 Å². The zero-order valence-electron chi connectivity index (χ0n) is 27.5. The van der Waals surface area contributed by atoms with Gasteiger partial charge >= 0.3 is 6.09 Å². The topological polar surface area (TPSA) is 106 Å². The lowest BCUT2D eigenvalue weighted by Crippen LogP contribution is -2.63. The third-order valence-corrected chi connectivity index (χ3v) is 12.9. The van der Waals surface area contributed by atoms with Gasteiger partial charge in [0.2, 0.25) is 0 Å². The van der Waals surface area contributed by atoms with Crippen molar-refractivity contribution in [3.8, 4) is 0 Å².